The minimum Gasteiger partial charge on any atom is -0.507 e. The minimum absolute atomic E-state index is 0.0133. The number of ether oxygens (including phenoxy) is 6. The van der Waals surface area contributed by atoms with Crippen LogP contribution in [0, 0.1) is 0 Å². The third-order valence-corrected chi connectivity index (χ3v) is 11.8. The molecule has 0 saturated carbocycles. The molecule has 7 rings (SSSR count). The van der Waals surface area contributed by atoms with Gasteiger partial charge < -0.3 is 53.7 Å². The molecule has 3 aliphatic heterocycles. The van der Waals surface area contributed by atoms with E-state index in [1.165, 1.54) is 18.2 Å². The van der Waals surface area contributed by atoms with Gasteiger partial charge in [0, 0.05) is 61.3 Å². The molecule has 0 spiro atoms. The molecule has 12 atom stereocenters. The van der Waals surface area contributed by atoms with E-state index in [-0.39, 0.29) is 59.1 Å². The molecule has 2 aromatic carbocycles. The molecule has 0 amide bonds. The van der Waals surface area contributed by atoms with Gasteiger partial charge in [0.05, 0.1) is 41.1 Å². The summed E-state index contributed by atoms with van der Waals surface area (Å²) in [6.45, 7) is 7.19. The van der Waals surface area contributed by atoms with E-state index in [2.05, 4.69) is 0 Å². The summed E-state index contributed by atoms with van der Waals surface area (Å²) in [5.74, 6) is -1.91. The molecule has 0 unspecified atom stereocenters. The van der Waals surface area contributed by atoms with Crippen molar-refractivity contribution < 1.29 is 63.2 Å². The van der Waals surface area contributed by atoms with Crippen molar-refractivity contribution >= 4 is 17.3 Å². The fourth-order valence-corrected chi connectivity index (χ4v) is 8.73. The van der Waals surface area contributed by atoms with Crippen LogP contribution in [0.5, 0.6) is 11.5 Å². The van der Waals surface area contributed by atoms with Gasteiger partial charge in [0.15, 0.2) is 30.4 Å². The molecule has 4 N–H and O–H groups in total. The zero-order valence-electron chi connectivity index (χ0n) is 31.5. The van der Waals surface area contributed by atoms with Crippen molar-refractivity contribution in [1.29, 1.82) is 0 Å². The third kappa shape index (κ3) is 7.12. The van der Waals surface area contributed by atoms with E-state index in [0.29, 0.717) is 36.8 Å². The molecule has 5 aliphatic rings. The van der Waals surface area contributed by atoms with Gasteiger partial charge in [-0.1, -0.05) is 19.1 Å². The first-order valence-electron chi connectivity index (χ1n) is 18.9. The largest absolute Gasteiger partial charge is 0.507 e. The number of aliphatic hydroxyl groups excluding tert-OH is 1. The van der Waals surface area contributed by atoms with Crippen LogP contribution < -0.4 is 0 Å². The standard InChI is InChI=1S/C40H51NO13/c1-7-40(48)16-21-13-23-34(37(47)33-22(35(23)45)9-8-10-26(33)43)36(46)32(21)28(17-40)52-30-14-24(41(5)6)38(19(3)50-30)54-31-15-27(44)39(20(4)51-31)53-29-12-11-25(42)18(2)49-29/h8-10,13,18-20,24,27-31,38-39,43-44,46,48H,7,11-12,14-17H2,1-6H3/t18-,19-,20-,24-,27-,28+,29-,30-,31-,38+,39+,40-/m0/s1. The number of ketones is 3. The van der Waals surface area contributed by atoms with E-state index < -0.39 is 84.5 Å². The minimum atomic E-state index is -1.22. The molecule has 54 heavy (non-hydrogen) atoms. The SMILES string of the molecule is CC[C@]1(O)Cc2cc3c(c(O)c2[C@H](O[C@H]2C[C@H](N(C)C)[C@H](O[C@H]4C[C@H](O)[C@H](O[C@H]5CCC(=O)[C@H](C)O5)[C@H](C)O4)[C@H](C)O2)C1)C(=O)c1c(O)cccc1C3=O. The maximum absolute atomic E-state index is 13.7. The highest BCUT2D eigenvalue weighted by Crippen LogP contribution is 2.49. The van der Waals surface area contributed by atoms with E-state index in [4.69, 9.17) is 28.4 Å². The Morgan fingerprint density at radius 2 is 1.56 bits per heavy atom. The number of carbonyl (C=O) groups excluding carboxylic acids is 3. The second kappa shape index (κ2) is 15.0. The summed E-state index contributed by atoms with van der Waals surface area (Å²) >= 11 is 0. The van der Waals surface area contributed by atoms with Crippen molar-refractivity contribution in [2.75, 3.05) is 14.1 Å². The zero-order chi connectivity index (χ0) is 38.8. The summed E-state index contributed by atoms with van der Waals surface area (Å²) in [6.07, 6.45) is -4.99. The van der Waals surface area contributed by atoms with Gasteiger partial charge in [-0.2, -0.15) is 0 Å². The number of Topliss-reactive ketones (excluding diaryl/α,β-unsaturated/α-hetero) is 1. The Kier molecular flexibility index (Phi) is 10.8. The highest BCUT2D eigenvalue weighted by Gasteiger charge is 2.48. The van der Waals surface area contributed by atoms with Crippen LogP contribution in [-0.2, 0) is 39.6 Å². The lowest BCUT2D eigenvalue weighted by atomic mass is 9.73. The number of aliphatic hydroxyl groups is 2. The number of hydrogen-bond donors (Lipinski definition) is 4. The molecule has 0 radical (unpaired) electrons. The molecule has 2 aliphatic carbocycles. The summed E-state index contributed by atoms with van der Waals surface area (Å²) in [5, 5.41) is 45.1. The molecule has 3 fully saturated rings. The number of hydrogen-bond acceptors (Lipinski definition) is 14. The Bertz CT molecular complexity index is 1780. The molecule has 0 aromatic heterocycles. The van der Waals surface area contributed by atoms with Gasteiger partial charge in [0.25, 0.3) is 0 Å². The molecule has 14 heteroatoms. The lowest BCUT2D eigenvalue weighted by Gasteiger charge is -2.47. The van der Waals surface area contributed by atoms with Crippen LogP contribution >= 0.6 is 0 Å². The first-order chi connectivity index (χ1) is 25.6. The molecule has 3 saturated heterocycles. The molecular weight excluding hydrogens is 702 g/mol. The topological polar surface area (TPSA) is 191 Å². The van der Waals surface area contributed by atoms with Crippen molar-refractivity contribution in [3.63, 3.8) is 0 Å². The Labute approximate surface area is 314 Å². The highest BCUT2D eigenvalue weighted by atomic mass is 16.7. The number of phenolic OH excluding ortho intramolecular Hbond substituents is 2. The van der Waals surface area contributed by atoms with Crippen LogP contribution in [0.1, 0.15) is 115 Å². The number of aromatic hydroxyl groups is 2. The lowest BCUT2D eigenvalue weighted by Crippen LogP contribution is -2.58. The van der Waals surface area contributed by atoms with Crippen LogP contribution in [0.25, 0.3) is 0 Å². The predicted molar refractivity (Wildman–Crippen MR) is 190 cm³/mol. The molecule has 294 valence electrons. The van der Waals surface area contributed by atoms with Crippen molar-refractivity contribution in [3.05, 3.63) is 57.6 Å². The fourth-order valence-electron chi connectivity index (χ4n) is 8.73. The van der Waals surface area contributed by atoms with Crippen molar-refractivity contribution in [1.82, 2.24) is 4.90 Å². The van der Waals surface area contributed by atoms with Crippen molar-refractivity contribution in [2.24, 2.45) is 0 Å². The smallest absolute Gasteiger partial charge is 0.201 e. The number of phenols is 2. The van der Waals surface area contributed by atoms with Crippen LogP contribution in [0.2, 0.25) is 0 Å². The average Bonchev–Trinajstić information content (AvgIpc) is 3.10. The van der Waals surface area contributed by atoms with Crippen LogP contribution in [0.15, 0.2) is 24.3 Å². The number of benzene rings is 2. The number of likely N-dealkylation sites (N-methyl/N-ethyl adjacent to an activating group) is 1. The maximum Gasteiger partial charge on any atom is 0.201 e. The molecule has 3 heterocycles. The van der Waals surface area contributed by atoms with Gasteiger partial charge in [-0.05, 0) is 59.0 Å². The number of fused-ring (bicyclic) bond motifs is 3. The molecule has 0 bridgehead atoms. The Hall–Kier alpha value is -3.31. The number of nitrogens with zero attached hydrogens (tertiary/aromatic N) is 1. The molecule has 14 nitrogen and oxygen atoms in total. The monoisotopic (exact) mass is 753 g/mol. The predicted octanol–water partition coefficient (Wildman–Crippen LogP) is 3.44. The van der Waals surface area contributed by atoms with Gasteiger partial charge >= 0.3 is 0 Å². The zero-order valence-corrected chi connectivity index (χ0v) is 31.5. The summed E-state index contributed by atoms with van der Waals surface area (Å²) in [6, 6.07) is 5.59. The summed E-state index contributed by atoms with van der Waals surface area (Å²) in [5.41, 5.74) is -0.723. The van der Waals surface area contributed by atoms with Gasteiger partial charge in [-0.3, -0.25) is 14.4 Å². The Morgan fingerprint density at radius 1 is 0.870 bits per heavy atom. The van der Waals surface area contributed by atoms with Crippen molar-refractivity contribution in [3.8, 4) is 11.5 Å². The van der Waals surface area contributed by atoms with Gasteiger partial charge in [0.2, 0.25) is 5.78 Å². The van der Waals surface area contributed by atoms with Gasteiger partial charge in [-0.25, -0.2) is 0 Å². The quantitative estimate of drug-likeness (QED) is 0.262. The van der Waals surface area contributed by atoms with Crippen LogP contribution in [-0.4, -0.2) is 124 Å². The summed E-state index contributed by atoms with van der Waals surface area (Å²) in [4.78, 5) is 41.2. The molecular formula is C40H51NO13. The normalized spacial score (nSPS) is 36.8. The summed E-state index contributed by atoms with van der Waals surface area (Å²) < 4.78 is 37.5. The third-order valence-electron chi connectivity index (χ3n) is 11.8. The number of carbonyl (C=O) groups is 3. The fraction of sp³-hybridized carbons (Fsp3) is 0.625. The Morgan fingerprint density at radius 3 is 2.22 bits per heavy atom. The highest BCUT2D eigenvalue weighted by molar-refractivity contribution is 6.30. The van der Waals surface area contributed by atoms with E-state index in [1.54, 1.807) is 19.9 Å². The first-order valence-corrected chi connectivity index (χ1v) is 18.9. The van der Waals surface area contributed by atoms with E-state index >= 15 is 0 Å². The van der Waals surface area contributed by atoms with E-state index in [0.717, 1.165) is 0 Å². The van der Waals surface area contributed by atoms with Crippen molar-refractivity contribution in [2.45, 2.75) is 146 Å². The first kappa shape index (κ1) is 38.9. The van der Waals surface area contributed by atoms with E-state index in [1.807, 2.05) is 32.8 Å². The second-order valence-corrected chi connectivity index (χ2v) is 15.7. The van der Waals surface area contributed by atoms with Gasteiger partial charge in [-0.15, -0.1) is 0 Å². The maximum atomic E-state index is 13.7. The number of rotatable bonds is 8. The van der Waals surface area contributed by atoms with Crippen LogP contribution in [0.4, 0.5) is 0 Å². The lowest BCUT2D eigenvalue weighted by molar-refractivity contribution is -0.324. The second-order valence-electron chi connectivity index (χ2n) is 15.7. The summed E-state index contributed by atoms with van der Waals surface area (Å²) in [7, 11) is 3.82. The average molecular weight is 754 g/mol. The van der Waals surface area contributed by atoms with Crippen LogP contribution in [0.3, 0.4) is 0 Å². The Balaban J connectivity index is 1.08. The molecule has 2 aromatic rings. The van der Waals surface area contributed by atoms with E-state index in [9.17, 15) is 34.8 Å². The van der Waals surface area contributed by atoms with Gasteiger partial charge in [0.1, 0.15) is 29.8 Å².